The van der Waals surface area contributed by atoms with Gasteiger partial charge in [-0.15, -0.1) is 0 Å². The van der Waals surface area contributed by atoms with Crippen LogP contribution in [-0.2, 0) is 6.42 Å². The van der Waals surface area contributed by atoms with Gasteiger partial charge in [-0.2, -0.15) is 0 Å². The Morgan fingerprint density at radius 1 is 1.42 bits per heavy atom. The van der Waals surface area contributed by atoms with Gasteiger partial charge in [0, 0.05) is 24.9 Å². The van der Waals surface area contributed by atoms with E-state index in [9.17, 15) is 0 Å². The van der Waals surface area contributed by atoms with Crippen LogP contribution in [0.2, 0.25) is 0 Å². The minimum Gasteiger partial charge on any atom is -0.409 e. The van der Waals surface area contributed by atoms with Gasteiger partial charge >= 0.3 is 0 Å². The Kier molecular flexibility index (Phi) is 3.42. The third-order valence-electron chi connectivity index (χ3n) is 4.48. The molecule has 0 bridgehead atoms. The van der Waals surface area contributed by atoms with Crippen molar-refractivity contribution in [2.45, 2.75) is 25.2 Å². The van der Waals surface area contributed by atoms with Crippen LogP contribution in [0.25, 0.3) is 0 Å². The summed E-state index contributed by atoms with van der Waals surface area (Å²) in [5, 5.41) is 12.0. The number of likely N-dealkylation sites (tertiary alicyclic amines) is 1. The number of rotatable bonds is 3. The standard InChI is InChI=1S/C15H21N3O/c16-15(17-19)12-5-3-7-18(9-12)10-13-8-11-4-1-2-6-14(11)13/h1-2,4,6,12-13,19H,3,5,7-10H2,(H2,16,17). The predicted molar refractivity (Wildman–Crippen MR) is 75.5 cm³/mol. The first-order valence-corrected chi connectivity index (χ1v) is 7.05. The Morgan fingerprint density at radius 3 is 3.05 bits per heavy atom. The van der Waals surface area contributed by atoms with Crippen molar-refractivity contribution in [1.29, 1.82) is 0 Å². The van der Waals surface area contributed by atoms with Gasteiger partial charge in [0.15, 0.2) is 0 Å². The predicted octanol–water partition coefficient (Wildman–Crippen LogP) is 1.78. The SMILES string of the molecule is NC(=NO)C1CCCN(CC2Cc3ccccc32)C1. The van der Waals surface area contributed by atoms with Crippen LogP contribution in [0.5, 0.6) is 0 Å². The second kappa shape index (κ2) is 5.21. The van der Waals surface area contributed by atoms with E-state index in [1.807, 2.05) is 0 Å². The van der Waals surface area contributed by atoms with Crippen LogP contribution in [0.3, 0.4) is 0 Å². The smallest absolute Gasteiger partial charge is 0.143 e. The number of nitrogens with two attached hydrogens (primary N) is 1. The van der Waals surface area contributed by atoms with Crippen LogP contribution in [-0.4, -0.2) is 35.6 Å². The van der Waals surface area contributed by atoms with Crippen LogP contribution in [0, 0.1) is 5.92 Å². The van der Waals surface area contributed by atoms with E-state index in [1.54, 1.807) is 0 Å². The highest BCUT2D eigenvalue weighted by atomic mass is 16.4. The van der Waals surface area contributed by atoms with Crippen molar-refractivity contribution in [2.24, 2.45) is 16.8 Å². The molecule has 2 atom stereocenters. The molecular weight excluding hydrogens is 238 g/mol. The number of piperidine rings is 1. The van der Waals surface area contributed by atoms with Gasteiger partial charge in [-0.05, 0) is 36.9 Å². The summed E-state index contributed by atoms with van der Waals surface area (Å²) in [6.45, 7) is 3.16. The number of benzene rings is 1. The van der Waals surface area contributed by atoms with Crippen molar-refractivity contribution in [3.8, 4) is 0 Å². The third kappa shape index (κ3) is 2.45. The third-order valence-corrected chi connectivity index (χ3v) is 4.48. The highest BCUT2D eigenvalue weighted by Gasteiger charge is 2.30. The van der Waals surface area contributed by atoms with Gasteiger partial charge in [0.25, 0.3) is 0 Å². The molecule has 0 amide bonds. The Bertz CT molecular complexity index is 486. The molecular formula is C15H21N3O. The largest absolute Gasteiger partial charge is 0.409 e. The Morgan fingerprint density at radius 2 is 2.26 bits per heavy atom. The number of oxime groups is 1. The minimum absolute atomic E-state index is 0.217. The van der Waals surface area contributed by atoms with Crippen molar-refractivity contribution in [2.75, 3.05) is 19.6 Å². The summed E-state index contributed by atoms with van der Waals surface area (Å²) in [5.41, 5.74) is 8.74. The summed E-state index contributed by atoms with van der Waals surface area (Å²) in [7, 11) is 0. The molecule has 3 rings (SSSR count). The van der Waals surface area contributed by atoms with E-state index in [1.165, 1.54) is 17.5 Å². The van der Waals surface area contributed by atoms with Gasteiger partial charge in [0.1, 0.15) is 5.84 Å². The first-order valence-electron chi connectivity index (χ1n) is 7.05. The summed E-state index contributed by atoms with van der Waals surface area (Å²) in [6.07, 6.45) is 3.36. The lowest BCUT2D eigenvalue weighted by Gasteiger charge is -2.38. The molecule has 1 aromatic rings. The molecule has 3 N–H and O–H groups in total. The van der Waals surface area contributed by atoms with Gasteiger partial charge in [-0.25, -0.2) is 0 Å². The summed E-state index contributed by atoms with van der Waals surface area (Å²) >= 11 is 0. The topological polar surface area (TPSA) is 61.9 Å². The molecule has 4 heteroatoms. The number of hydrogen-bond donors (Lipinski definition) is 2. The molecule has 4 nitrogen and oxygen atoms in total. The maximum absolute atomic E-state index is 8.79. The Balaban J connectivity index is 1.60. The minimum atomic E-state index is 0.217. The fourth-order valence-corrected chi connectivity index (χ4v) is 3.38. The molecule has 1 aliphatic carbocycles. The van der Waals surface area contributed by atoms with E-state index in [2.05, 4.69) is 34.3 Å². The lowest BCUT2D eigenvalue weighted by Crippen LogP contribution is -2.44. The first kappa shape index (κ1) is 12.5. The molecule has 1 saturated heterocycles. The molecule has 1 fully saturated rings. The highest BCUT2D eigenvalue weighted by Crippen LogP contribution is 2.36. The molecule has 0 spiro atoms. The molecule has 0 saturated carbocycles. The van der Waals surface area contributed by atoms with Crippen molar-refractivity contribution in [3.63, 3.8) is 0 Å². The zero-order valence-electron chi connectivity index (χ0n) is 11.1. The normalized spacial score (nSPS) is 27.7. The average Bonchev–Trinajstić information content (AvgIpc) is 2.44. The molecule has 19 heavy (non-hydrogen) atoms. The monoisotopic (exact) mass is 259 g/mol. The second-order valence-corrected chi connectivity index (χ2v) is 5.72. The van der Waals surface area contributed by atoms with Crippen molar-refractivity contribution in [3.05, 3.63) is 35.4 Å². The van der Waals surface area contributed by atoms with Crippen molar-refractivity contribution >= 4 is 5.84 Å². The van der Waals surface area contributed by atoms with Crippen LogP contribution < -0.4 is 5.73 Å². The summed E-state index contributed by atoms with van der Waals surface area (Å²) in [4.78, 5) is 2.47. The number of nitrogens with zero attached hydrogens (tertiary/aromatic N) is 2. The zero-order valence-corrected chi connectivity index (χ0v) is 11.1. The van der Waals surface area contributed by atoms with Crippen molar-refractivity contribution < 1.29 is 5.21 Å². The van der Waals surface area contributed by atoms with E-state index in [4.69, 9.17) is 10.9 Å². The summed E-state index contributed by atoms with van der Waals surface area (Å²) in [6, 6.07) is 8.71. The first-order chi connectivity index (χ1) is 9.28. The van der Waals surface area contributed by atoms with E-state index in [0.717, 1.165) is 32.5 Å². The fraction of sp³-hybridized carbons (Fsp3) is 0.533. The van der Waals surface area contributed by atoms with Crippen LogP contribution in [0.4, 0.5) is 0 Å². The molecule has 1 heterocycles. The van der Waals surface area contributed by atoms with E-state index < -0.39 is 0 Å². The van der Waals surface area contributed by atoms with Gasteiger partial charge in [0.2, 0.25) is 0 Å². The summed E-state index contributed by atoms with van der Waals surface area (Å²) in [5.74, 6) is 1.27. The fourth-order valence-electron chi connectivity index (χ4n) is 3.38. The van der Waals surface area contributed by atoms with E-state index >= 15 is 0 Å². The van der Waals surface area contributed by atoms with E-state index in [0.29, 0.717) is 11.8 Å². The molecule has 1 aromatic carbocycles. The maximum atomic E-state index is 8.79. The van der Waals surface area contributed by atoms with Gasteiger partial charge in [0.05, 0.1) is 0 Å². The molecule has 1 aliphatic heterocycles. The quantitative estimate of drug-likeness (QED) is 0.376. The summed E-state index contributed by atoms with van der Waals surface area (Å²) < 4.78 is 0. The van der Waals surface area contributed by atoms with E-state index in [-0.39, 0.29) is 5.92 Å². The molecule has 0 radical (unpaired) electrons. The lowest BCUT2D eigenvalue weighted by molar-refractivity contribution is 0.184. The number of amidine groups is 1. The molecule has 2 aliphatic rings. The highest BCUT2D eigenvalue weighted by molar-refractivity contribution is 5.82. The van der Waals surface area contributed by atoms with Gasteiger partial charge in [-0.1, -0.05) is 29.4 Å². The molecule has 102 valence electrons. The average molecular weight is 259 g/mol. The second-order valence-electron chi connectivity index (χ2n) is 5.72. The van der Waals surface area contributed by atoms with Crippen molar-refractivity contribution in [1.82, 2.24) is 4.90 Å². The Hall–Kier alpha value is -1.55. The van der Waals surface area contributed by atoms with Crippen LogP contribution in [0.1, 0.15) is 29.9 Å². The maximum Gasteiger partial charge on any atom is 0.143 e. The molecule has 2 unspecified atom stereocenters. The Labute approximate surface area is 113 Å². The van der Waals surface area contributed by atoms with Gasteiger partial charge in [-0.3, -0.25) is 0 Å². The lowest BCUT2D eigenvalue weighted by atomic mass is 9.77. The number of hydrogen-bond acceptors (Lipinski definition) is 3. The zero-order chi connectivity index (χ0) is 13.2. The number of fused-ring (bicyclic) bond motifs is 1. The molecule has 0 aromatic heterocycles. The van der Waals surface area contributed by atoms with Crippen LogP contribution >= 0.6 is 0 Å². The van der Waals surface area contributed by atoms with Gasteiger partial charge < -0.3 is 15.8 Å². The van der Waals surface area contributed by atoms with Crippen LogP contribution in [0.15, 0.2) is 29.4 Å².